The van der Waals surface area contributed by atoms with Crippen molar-refractivity contribution in [1.29, 1.82) is 0 Å². The zero-order chi connectivity index (χ0) is 10.6. The lowest BCUT2D eigenvalue weighted by molar-refractivity contribution is -0.0897. The highest BCUT2D eigenvalue weighted by atomic mass is 16.7. The quantitative estimate of drug-likeness (QED) is 0.651. The first-order valence-corrected chi connectivity index (χ1v) is 5.64. The summed E-state index contributed by atoms with van der Waals surface area (Å²) in [7, 11) is 1.68. The van der Waals surface area contributed by atoms with Crippen molar-refractivity contribution in [2.45, 2.75) is 52.6 Å². The zero-order valence-electron chi connectivity index (χ0n) is 10.0. The maximum absolute atomic E-state index is 5.57. The van der Waals surface area contributed by atoms with Crippen LogP contribution in [0.4, 0.5) is 0 Å². The van der Waals surface area contributed by atoms with Crippen molar-refractivity contribution in [2.24, 2.45) is 11.3 Å². The summed E-state index contributed by atoms with van der Waals surface area (Å²) in [6, 6.07) is 0. The highest BCUT2D eigenvalue weighted by Gasteiger charge is 2.29. The second-order valence-electron chi connectivity index (χ2n) is 5.41. The summed E-state index contributed by atoms with van der Waals surface area (Å²) >= 11 is 0. The first kappa shape index (κ1) is 12.0. The smallest absolute Gasteiger partial charge is 0.146 e. The van der Waals surface area contributed by atoms with Gasteiger partial charge in [-0.1, -0.05) is 20.8 Å². The van der Waals surface area contributed by atoms with E-state index < -0.39 is 0 Å². The van der Waals surface area contributed by atoms with E-state index in [4.69, 9.17) is 9.47 Å². The first-order valence-electron chi connectivity index (χ1n) is 5.64. The van der Waals surface area contributed by atoms with Gasteiger partial charge < -0.3 is 9.47 Å². The van der Waals surface area contributed by atoms with Crippen LogP contribution in [0.2, 0.25) is 0 Å². The third-order valence-corrected chi connectivity index (χ3v) is 3.32. The molecule has 0 radical (unpaired) electrons. The van der Waals surface area contributed by atoms with Crippen LogP contribution in [-0.2, 0) is 9.47 Å². The molecule has 0 atom stereocenters. The van der Waals surface area contributed by atoms with Gasteiger partial charge in [0.2, 0.25) is 0 Å². The Balaban J connectivity index is 2.24. The Morgan fingerprint density at radius 2 is 1.64 bits per heavy atom. The van der Waals surface area contributed by atoms with Gasteiger partial charge in [0.15, 0.2) is 0 Å². The lowest BCUT2D eigenvalue weighted by atomic mass is 9.72. The summed E-state index contributed by atoms with van der Waals surface area (Å²) in [5, 5.41) is 0. The van der Waals surface area contributed by atoms with Crippen molar-refractivity contribution < 1.29 is 9.47 Å². The molecule has 2 heteroatoms. The monoisotopic (exact) mass is 200 g/mol. The molecule has 1 aliphatic carbocycles. The molecular formula is C12H24O2. The minimum Gasteiger partial charge on any atom is -0.359 e. The predicted molar refractivity (Wildman–Crippen MR) is 58.2 cm³/mol. The van der Waals surface area contributed by atoms with Gasteiger partial charge in [-0.25, -0.2) is 0 Å². The van der Waals surface area contributed by atoms with E-state index >= 15 is 0 Å². The van der Waals surface area contributed by atoms with Crippen LogP contribution in [0.1, 0.15) is 46.5 Å². The van der Waals surface area contributed by atoms with E-state index in [-0.39, 0.29) is 0 Å². The summed E-state index contributed by atoms with van der Waals surface area (Å²) in [6.07, 6.45) is 5.44. The van der Waals surface area contributed by atoms with Gasteiger partial charge in [0.1, 0.15) is 6.79 Å². The van der Waals surface area contributed by atoms with Crippen molar-refractivity contribution >= 4 is 0 Å². The van der Waals surface area contributed by atoms with Gasteiger partial charge in [0.05, 0.1) is 6.10 Å². The molecule has 1 saturated carbocycles. The molecule has 1 fully saturated rings. The molecule has 0 heterocycles. The van der Waals surface area contributed by atoms with E-state index in [0.29, 0.717) is 18.3 Å². The Hall–Kier alpha value is -0.0800. The second-order valence-corrected chi connectivity index (χ2v) is 5.41. The molecule has 84 valence electrons. The number of hydrogen-bond acceptors (Lipinski definition) is 2. The molecule has 0 aromatic heterocycles. The average molecular weight is 200 g/mol. The highest BCUT2D eigenvalue weighted by Crippen LogP contribution is 2.38. The molecule has 0 aromatic carbocycles. The van der Waals surface area contributed by atoms with Gasteiger partial charge in [-0.3, -0.25) is 0 Å². The zero-order valence-corrected chi connectivity index (χ0v) is 10.0. The predicted octanol–water partition coefficient (Wildman–Crippen LogP) is 3.21. The Kier molecular flexibility index (Phi) is 4.39. The van der Waals surface area contributed by atoms with E-state index in [0.717, 1.165) is 5.92 Å². The fourth-order valence-electron chi connectivity index (χ4n) is 2.26. The summed E-state index contributed by atoms with van der Waals surface area (Å²) in [5.41, 5.74) is 0.465. The van der Waals surface area contributed by atoms with Crippen LogP contribution in [0.25, 0.3) is 0 Å². The van der Waals surface area contributed by atoms with E-state index in [1.807, 2.05) is 0 Å². The summed E-state index contributed by atoms with van der Waals surface area (Å²) in [4.78, 5) is 0. The molecule has 0 aliphatic heterocycles. The maximum atomic E-state index is 5.57. The van der Waals surface area contributed by atoms with Crippen LogP contribution >= 0.6 is 0 Å². The van der Waals surface area contributed by atoms with Gasteiger partial charge in [-0.05, 0) is 37.0 Å². The summed E-state index contributed by atoms with van der Waals surface area (Å²) in [5.74, 6) is 0.866. The van der Waals surface area contributed by atoms with Crippen LogP contribution in [0.5, 0.6) is 0 Å². The third-order valence-electron chi connectivity index (χ3n) is 3.32. The van der Waals surface area contributed by atoms with Crippen molar-refractivity contribution in [3.63, 3.8) is 0 Å². The SMILES string of the molecule is COCOC1CCC(C(C)(C)C)CC1. The van der Waals surface area contributed by atoms with E-state index in [2.05, 4.69) is 20.8 Å². The molecule has 14 heavy (non-hydrogen) atoms. The maximum Gasteiger partial charge on any atom is 0.146 e. The molecule has 0 saturated heterocycles. The molecule has 0 spiro atoms. The van der Waals surface area contributed by atoms with Gasteiger partial charge in [-0.2, -0.15) is 0 Å². The number of rotatable bonds is 3. The second kappa shape index (κ2) is 5.13. The Morgan fingerprint density at radius 3 is 2.07 bits per heavy atom. The van der Waals surface area contributed by atoms with Gasteiger partial charge >= 0.3 is 0 Å². The number of methoxy groups -OCH3 is 1. The van der Waals surface area contributed by atoms with E-state index in [9.17, 15) is 0 Å². The van der Waals surface area contributed by atoms with Crippen molar-refractivity contribution in [1.82, 2.24) is 0 Å². The van der Waals surface area contributed by atoms with Crippen LogP contribution in [0.15, 0.2) is 0 Å². The van der Waals surface area contributed by atoms with Crippen LogP contribution < -0.4 is 0 Å². The van der Waals surface area contributed by atoms with Gasteiger partial charge in [-0.15, -0.1) is 0 Å². The third kappa shape index (κ3) is 3.58. The highest BCUT2D eigenvalue weighted by molar-refractivity contribution is 4.80. The van der Waals surface area contributed by atoms with E-state index in [1.54, 1.807) is 7.11 Å². The Labute approximate surface area is 88.0 Å². The molecule has 2 nitrogen and oxygen atoms in total. The van der Waals surface area contributed by atoms with Crippen LogP contribution in [0.3, 0.4) is 0 Å². The lowest BCUT2D eigenvalue weighted by Crippen LogP contribution is -2.29. The minimum absolute atomic E-state index is 0.438. The van der Waals surface area contributed by atoms with Crippen molar-refractivity contribution in [2.75, 3.05) is 13.9 Å². The fraction of sp³-hybridized carbons (Fsp3) is 1.00. The Bertz CT molecular complexity index is 152. The molecular weight excluding hydrogens is 176 g/mol. The molecule has 1 aliphatic rings. The van der Waals surface area contributed by atoms with Crippen LogP contribution in [-0.4, -0.2) is 20.0 Å². The topological polar surface area (TPSA) is 18.5 Å². The molecule has 0 bridgehead atoms. The van der Waals surface area contributed by atoms with Crippen molar-refractivity contribution in [3.05, 3.63) is 0 Å². The molecule has 1 rings (SSSR count). The van der Waals surface area contributed by atoms with Gasteiger partial charge in [0, 0.05) is 7.11 Å². The first-order chi connectivity index (χ1) is 6.54. The minimum atomic E-state index is 0.438. The molecule has 0 aromatic rings. The fourth-order valence-corrected chi connectivity index (χ4v) is 2.26. The molecule has 0 unspecified atom stereocenters. The number of ether oxygens (including phenoxy) is 2. The largest absolute Gasteiger partial charge is 0.359 e. The lowest BCUT2D eigenvalue weighted by Gasteiger charge is -2.36. The van der Waals surface area contributed by atoms with E-state index in [1.165, 1.54) is 25.7 Å². The molecule has 0 N–H and O–H groups in total. The van der Waals surface area contributed by atoms with Gasteiger partial charge in [0.25, 0.3) is 0 Å². The summed E-state index contributed by atoms with van der Waals surface area (Å²) < 4.78 is 10.5. The number of hydrogen-bond donors (Lipinski definition) is 0. The average Bonchev–Trinajstić information content (AvgIpc) is 2.14. The van der Waals surface area contributed by atoms with Crippen molar-refractivity contribution in [3.8, 4) is 0 Å². The van der Waals surface area contributed by atoms with Crippen LogP contribution in [0, 0.1) is 11.3 Å². The molecule has 0 amide bonds. The normalized spacial score (nSPS) is 29.1. The Morgan fingerprint density at radius 1 is 1.07 bits per heavy atom. The summed E-state index contributed by atoms with van der Waals surface area (Å²) in [6.45, 7) is 7.47. The standard InChI is InChI=1S/C12H24O2/c1-12(2,3)10-5-7-11(8-6-10)14-9-13-4/h10-11H,5-9H2,1-4H3.